The number of aryl methyl sites for hydroxylation is 1. The normalized spacial score (nSPS) is 13.2. The maximum atomic E-state index is 12.5. The van der Waals surface area contributed by atoms with Gasteiger partial charge in [-0.3, -0.25) is 19.0 Å². The summed E-state index contributed by atoms with van der Waals surface area (Å²) in [4.78, 5) is 33.2. The van der Waals surface area contributed by atoms with Crippen molar-refractivity contribution in [2.75, 3.05) is 13.2 Å². The van der Waals surface area contributed by atoms with E-state index in [1.807, 2.05) is 24.3 Å². The minimum Gasteiger partial charge on any atom is -0.493 e. The van der Waals surface area contributed by atoms with Crippen molar-refractivity contribution in [2.45, 2.75) is 90.2 Å². The number of hydrogen-bond donors (Lipinski definition) is 3. The summed E-state index contributed by atoms with van der Waals surface area (Å²) in [6.07, 6.45) is 11.7. The summed E-state index contributed by atoms with van der Waals surface area (Å²) in [5.41, 5.74) is 6.55. The van der Waals surface area contributed by atoms with Crippen LogP contribution in [0.15, 0.2) is 48.5 Å². The van der Waals surface area contributed by atoms with Crippen molar-refractivity contribution in [3.05, 3.63) is 59.7 Å². The fourth-order valence-corrected chi connectivity index (χ4v) is 4.85. The van der Waals surface area contributed by atoms with Gasteiger partial charge in [-0.15, -0.1) is 0 Å². The van der Waals surface area contributed by atoms with E-state index in [0.717, 1.165) is 24.2 Å². The Balaban J connectivity index is 1.76. The van der Waals surface area contributed by atoms with E-state index >= 15 is 0 Å². The summed E-state index contributed by atoms with van der Waals surface area (Å²) in [6, 6.07) is 12.4. The topological polar surface area (TPSA) is 155 Å². The molecule has 0 amide bonds. The van der Waals surface area contributed by atoms with Crippen molar-refractivity contribution in [1.29, 1.82) is 0 Å². The third-order valence-electron chi connectivity index (χ3n) is 6.39. The first-order valence-corrected chi connectivity index (χ1v) is 15.8. The molecule has 0 spiro atoms. The van der Waals surface area contributed by atoms with Crippen LogP contribution in [0.5, 0.6) is 11.5 Å². The lowest BCUT2D eigenvalue weighted by Gasteiger charge is -2.16. The van der Waals surface area contributed by atoms with Gasteiger partial charge in [0.25, 0.3) is 0 Å². The van der Waals surface area contributed by atoms with E-state index in [1.54, 1.807) is 18.2 Å². The fraction of sp³-hybridized carbons (Fsp3) is 0.533. The second-order valence-corrected chi connectivity index (χ2v) is 11.2. The molecule has 0 saturated carbocycles. The number of carbonyl (C=O) groups excluding carboxylic acids is 1. The Morgan fingerprint density at radius 3 is 2.12 bits per heavy atom. The lowest BCUT2D eigenvalue weighted by atomic mass is 10.1. The summed E-state index contributed by atoms with van der Waals surface area (Å²) in [7, 11) is -4.66. The predicted molar refractivity (Wildman–Crippen MR) is 156 cm³/mol. The number of carboxylic acids is 1. The van der Waals surface area contributed by atoms with Gasteiger partial charge in [0.2, 0.25) is 0 Å². The predicted octanol–water partition coefficient (Wildman–Crippen LogP) is 6.18. The first kappa shape index (κ1) is 34.3. The molecule has 0 bridgehead atoms. The Morgan fingerprint density at radius 1 is 0.878 bits per heavy atom. The maximum Gasteiger partial charge on any atom is 0.527 e. The summed E-state index contributed by atoms with van der Waals surface area (Å²) < 4.78 is 33.3. The summed E-state index contributed by atoms with van der Waals surface area (Å²) in [5, 5.41) is 8.79. The molecule has 41 heavy (non-hydrogen) atoms. The largest absolute Gasteiger partial charge is 0.527 e. The highest BCUT2D eigenvalue weighted by Gasteiger charge is 2.27. The minimum atomic E-state index is -4.66. The molecule has 0 aliphatic heterocycles. The van der Waals surface area contributed by atoms with Gasteiger partial charge in [0, 0.05) is 12.0 Å². The van der Waals surface area contributed by atoms with E-state index in [2.05, 4.69) is 11.4 Å². The third-order valence-corrected chi connectivity index (χ3v) is 7.29. The number of esters is 1. The van der Waals surface area contributed by atoms with Crippen molar-refractivity contribution in [3.63, 3.8) is 0 Å². The van der Waals surface area contributed by atoms with Crippen LogP contribution in [0.1, 0.15) is 82.3 Å². The number of hydrogen-bond acceptors (Lipinski definition) is 8. The van der Waals surface area contributed by atoms with Crippen LogP contribution in [-0.4, -0.2) is 41.2 Å². The molecule has 0 aromatic heterocycles. The number of phosphoric acid groups is 1. The van der Waals surface area contributed by atoms with Gasteiger partial charge in [0.1, 0.15) is 24.1 Å². The molecular weight excluding hydrogens is 549 g/mol. The van der Waals surface area contributed by atoms with E-state index in [0.29, 0.717) is 18.6 Å². The van der Waals surface area contributed by atoms with Crippen LogP contribution in [0.3, 0.4) is 0 Å². The second-order valence-electron chi connectivity index (χ2n) is 9.85. The highest BCUT2D eigenvalue weighted by atomic mass is 31.2. The lowest BCUT2D eigenvalue weighted by molar-refractivity contribution is -0.145. The fourth-order valence-electron chi connectivity index (χ4n) is 4.02. The van der Waals surface area contributed by atoms with Crippen LogP contribution >= 0.6 is 7.82 Å². The highest BCUT2D eigenvalue weighted by molar-refractivity contribution is 7.47. The van der Waals surface area contributed by atoms with Gasteiger partial charge in [0.15, 0.2) is 0 Å². The lowest BCUT2D eigenvalue weighted by Crippen LogP contribution is -2.34. The van der Waals surface area contributed by atoms with E-state index in [-0.39, 0.29) is 18.8 Å². The van der Waals surface area contributed by atoms with Gasteiger partial charge >= 0.3 is 19.8 Å². The number of phosphoric ester groups is 1. The van der Waals surface area contributed by atoms with Gasteiger partial charge < -0.3 is 24.8 Å². The van der Waals surface area contributed by atoms with Crippen LogP contribution in [0.25, 0.3) is 0 Å². The molecule has 0 aliphatic rings. The second kappa shape index (κ2) is 19.3. The molecule has 0 heterocycles. The SMILES string of the molecule is CCCCCCCCCCCOc1ccccc1CCC(=O)OCc1ccccc1OP(=O)(O)OC[C@H](N)C(=O)O. The Hall–Kier alpha value is -2.91. The summed E-state index contributed by atoms with van der Waals surface area (Å²) >= 11 is 0. The molecule has 1 unspecified atom stereocenters. The van der Waals surface area contributed by atoms with Gasteiger partial charge in [0.05, 0.1) is 13.2 Å². The van der Waals surface area contributed by atoms with Gasteiger partial charge in [-0.1, -0.05) is 94.7 Å². The number of carboxylic acid groups (broad SMARTS) is 1. The molecule has 2 atom stereocenters. The average molecular weight is 594 g/mol. The third kappa shape index (κ3) is 14.5. The molecule has 11 heteroatoms. The van der Waals surface area contributed by atoms with Gasteiger partial charge in [-0.2, -0.15) is 0 Å². The molecular formula is C30H44NO9P. The van der Waals surface area contributed by atoms with Crippen LogP contribution in [0.4, 0.5) is 0 Å². The summed E-state index contributed by atoms with van der Waals surface area (Å²) in [6.45, 7) is 1.95. The Bertz CT molecular complexity index is 1110. The van der Waals surface area contributed by atoms with E-state index in [9.17, 15) is 19.0 Å². The number of ether oxygens (including phenoxy) is 2. The van der Waals surface area contributed by atoms with E-state index < -0.39 is 32.4 Å². The van der Waals surface area contributed by atoms with Crippen molar-refractivity contribution in [1.82, 2.24) is 0 Å². The molecule has 4 N–H and O–H groups in total. The quantitative estimate of drug-likeness (QED) is 0.0819. The molecule has 0 saturated heterocycles. The highest BCUT2D eigenvalue weighted by Crippen LogP contribution is 2.45. The van der Waals surface area contributed by atoms with Crippen molar-refractivity contribution in [3.8, 4) is 11.5 Å². The first-order valence-electron chi connectivity index (χ1n) is 14.3. The van der Waals surface area contributed by atoms with Gasteiger partial charge in [-0.25, -0.2) is 4.57 Å². The number of rotatable bonds is 22. The average Bonchev–Trinajstić information content (AvgIpc) is 2.95. The number of carbonyl (C=O) groups is 2. The monoisotopic (exact) mass is 593 g/mol. The zero-order valence-corrected chi connectivity index (χ0v) is 24.8. The smallest absolute Gasteiger partial charge is 0.493 e. The molecule has 2 aromatic carbocycles. The molecule has 2 rings (SSSR count). The first-order chi connectivity index (χ1) is 19.7. The van der Waals surface area contributed by atoms with E-state index in [4.69, 9.17) is 24.8 Å². The number of para-hydroxylation sites is 2. The molecule has 0 fully saturated rings. The number of nitrogens with two attached hydrogens (primary N) is 1. The zero-order valence-electron chi connectivity index (χ0n) is 23.9. The summed E-state index contributed by atoms with van der Waals surface area (Å²) in [5.74, 6) is -1.11. The van der Waals surface area contributed by atoms with Crippen molar-refractivity contribution < 1.29 is 42.7 Å². The van der Waals surface area contributed by atoms with Crippen LogP contribution in [-0.2, 0) is 36.4 Å². The molecule has 10 nitrogen and oxygen atoms in total. The maximum absolute atomic E-state index is 12.5. The van der Waals surface area contributed by atoms with Crippen molar-refractivity contribution >= 4 is 19.8 Å². The Morgan fingerprint density at radius 2 is 1.46 bits per heavy atom. The number of benzene rings is 2. The minimum absolute atomic E-state index is 0.0368. The van der Waals surface area contributed by atoms with Crippen LogP contribution in [0, 0.1) is 0 Å². The van der Waals surface area contributed by atoms with Crippen LogP contribution in [0.2, 0.25) is 0 Å². The Kier molecular flexibility index (Phi) is 16.1. The molecule has 228 valence electrons. The Labute approximate surface area is 242 Å². The standard InChI is InChI=1S/C30H44NO9P/c1-2-3-4-5-6-7-8-9-14-21-37-27-17-12-10-15-24(27)19-20-29(32)38-22-25-16-11-13-18-28(25)40-41(35,36)39-23-26(31)30(33)34/h10-13,15-18,26H,2-9,14,19-23,31H2,1H3,(H,33,34)(H,35,36)/t26-/m0/s1. The zero-order chi connectivity index (χ0) is 29.9. The van der Waals surface area contributed by atoms with Gasteiger partial charge in [-0.05, 0) is 30.5 Å². The van der Waals surface area contributed by atoms with E-state index in [1.165, 1.54) is 51.0 Å². The molecule has 2 aromatic rings. The van der Waals surface area contributed by atoms with Crippen LogP contribution < -0.4 is 15.0 Å². The number of unbranched alkanes of at least 4 members (excludes halogenated alkanes) is 8. The molecule has 0 radical (unpaired) electrons. The molecule has 0 aliphatic carbocycles. The number of aliphatic carboxylic acids is 1. The van der Waals surface area contributed by atoms with Crippen molar-refractivity contribution in [2.24, 2.45) is 5.73 Å².